The molecular formula is C14H24N2O4. The number of carboxylic acids is 1. The Morgan fingerprint density at radius 1 is 1.10 bits per heavy atom. The van der Waals surface area contributed by atoms with Crippen LogP contribution in [0.1, 0.15) is 20.8 Å². The Labute approximate surface area is 119 Å². The van der Waals surface area contributed by atoms with Gasteiger partial charge in [0.15, 0.2) is 0 Å². The summed E-state index contributed by atoms with van der Waals surface area (Å²) in [5, 5.41) is 8.77. The molecule has 2 aliphatic heterocycles. The molecule has 1 amide bonds. The molecule has 2 fully saturated rings. The molecule has 0 spiro atoms. The molecule has 0 aromatic rings. The van der Waals surface area contributed by atoms with Crippen LogP contribution in [0.5, 0.6) is 0 Å². The maximum atomic E-state index is 12.6. The first-order valence-corrected chi connectivity index (χ1v) is 7.28. The van der Waals surface area contributed by atoms with Crippen LogP contribution in [0.2, 0.25) is 0 Å². The van der Waals surface area contributed by atoms with Gasteiger partial charge in [-0.15, -0.1) is 0 Å². The van der Waals surface area contributed by atoms with Crippen LogP contribution in [-0.2, 0) is 14.3 Å². The lowest BCUT2D eigenvalue weighted by molar-refractivity contribution is -0.141. The summed E-state index contributed by atoms with van der Waals surface area (Å²) in [6.07, 6.45) is 0.0804. The van der Waals surface area contributed by atoms with Crippen molar-refractivity contribution in [3.63, 3.8) is 0 Å². The monoisotopic (exact) mass is 284 g/mol. The van der Waals surface area contributed by atoms with Gasteiger partial charge in [-0.1, -0.05) is 6.92 Å². The minimum Gasteiger partial charge on any atom is -0.480 e. The van der Waals surface area contributed by atoms with E-state index < -0.39 is 5.97 Å². The first kappa shape index (κ1) is 15.3. The van der Waals surface area contributed by atoms with Crippen molar-refractivity contribution in [2.75, 3.05) is 32.7 Å². The normalized spacial score (nSPS) is 35.2. The molecule has 20 heavy (non-hydrogen) atoms. The van der Waals surface area contributed by atoms with Gasteiger partial charge in [-0.2, -0.15) is 0 Å². The molecule has 0 bridgehead atoms. The number of nitrogens with zero attached hydrogens (tertiary/aromatic N) is 2. The highest BCUT2D eigenvalue weighted by molar-refractivity contribution is 5.80. The molecule has 0 radical (unpaired) electrons. The lowest BCUT2D eigenvalue weighted by atomic mass is 9.88. The van der Waals surface area contributed by atoms with Gasteiger partial charge in [0, 0.05) is 26.2 Å². The summed E-state index contributed by atoms with van der Waals surface area (Å²) in [6, 6.07) is 0. The van der Waals surface area contributed by atoms with E-state index in [9.17, 15) is 9.59 Å². The SMILES string of the molecule is CC1OC(C)C(C(=O)N2CCN(CC(=O)O)CC2)C1C. The third-order valence-electron chi connectivity index (χ3n) is 4.57. The van der Waals surface area contributed by atoms with Crippen molar-refractivity contribution in [2.24, 2.45) is 11.8 Å². The zero-order valence-corrected chi connectivity index (χ0v) is 12.4. The maximum absolute atomic E-state index is 12.6. The van der Waals surface area contributed by atoms with Gasteiger partial charge >= 0.3 is 5.97 Å². The van der Waals surface area contributed by atoms with E-state index in [0.29, 0.717) is 26.2 Å². The second-order valence-electron chi connectivity index (χ2n) is 5.93. The summed E-state index contributed by atoms with van der Waals surface area (Å²) >= 11 is 0. The van der Waals surface area contributed by atoms with E-state index in [4.69, 9.17) is 9.84 Å². The van der Waals surface area contributed by atoms with Crippen LogP contribution in [0.25, 0.3) is 0 Å². The molecule has 6 heteroatoms. The topological polar surface area (TPSA) is 70.1 Å². The predicted molar refractivity (Wildman–Crippen MR) is 73.3 cm³/mol. The molecule has 2 aliphatic rings. The lowest BCUT2D eigenvalue weighted by Crippen LogP contribution is -2.52. The highest BCUT2D eigenvalue weighted by Gasteiger charge is 2.43. The molecule has 2 heterocycles. The number of carboxylic acid groups (broad SMARTS) is 1. The van der Waals surface area contributed by atoms with Crippen LogP contribution >= 0.6 is 0 Å². The van der Waals surface area contributed by atoms with Crippen molar-refractivity contribution in [1.82, 2.24) is 9.80 Å². The zero-order valence-electron chi connectivity index (χ0n) is 12.4. The molecule has 4 unspecified atom stereocenters. The smallest absolute Gasteiger partial charge is 0.317 e. The van der Waals surface area contributed by atoms with E-state index in [0.717, 1.165) is 0 Å². The van der Waals surface area contributed by atoms with Crippen molar-refractivity contribution >= 4 is 11.9 Å². The summed E-state index contributed by atoms with van der Waals surface area (Å²) in [5.74, 6) is -0.500. The summed E-state index contributed by atoms with van der Waals surface area (Å²) in [6.45, 7) is 8.57. The van der Waals surface area contributed by atoms with E-state index in [1.165, 1.54) is 0 Å². The second-order valence-corrected chi connectivity index (χ2v) is 5.93. The summed E-state index contributed by atoms with van der Waals surface area (Å²) < 4.78 is 5.74. The van der Waals surface area contributed by atoms with Gasteiger partial charge in [0.1, 0.15) is 0 Å². The Kier molecular flexibility index (Phi) is 4.65. The van der Waals surface area contributed by atoms with Crippen molar-refractivity contribution in [2.45, 2.75) is 33.0 Å². The van der Waals surface area contributed by atoms with Gasteiger partial charge in [-0.05, 0) is 19.8 Å². The zero-order chi connectivity index (χ0) is 14.9. The van der Waals surface area contributed by atoms with Crippen molar-refractivity contribution in [3.05, 3.63) is 0 Å². The van der Waals surface area contributed by atoms with E-state index in [1.807, 2.05) is 23.6 Å². The predicted octanol–water partition coefficient (Wildman–Crippen LogP) is 0.275. The number of hydrogen-bond donors (Lipinski definition) is 1. The van der Waals surface area contributed by atoms with Crippen LogP contribution in [0.15, 0.2) is 0 Å². The van der Waals surface area contributed by atoms with Gasteiger partial charge in [0.25, 0.3) is 0 Å². The fourth-order valence-electron chi connectivity index (χ4n) is 3.22. The number of amides is 1. The van der Waals surface area contributed by atoms with Gasteiger partial charge in [0.05, 0.1) is 24.7 Å². The molecule has 6 nitrogen and oxygen atoms in total. The maximum Gasteiger partial charge on any atom is 0.317 e. The van der Waals surface area contributed by atoms with E-state index >= 15 is 0 Å². The first-order chi connectivity index (χ1) is 9.40. The minimum absolute atomic E-state index is 0.0375. The van der Waals surface area contributed by atoms with Crippen LogP contribution < -0.4 is 0 Å². The molecular weight excluding hydrogens is 260 g/mol. The van der Waals surface area contributed by atoms with Crippen LogP contribution in [0.3, 0.4) is 0 Å². The Morgan fingerprint density at radius 2 is 1.70 bits per heavy atom. The fraction of sp³-hybridized carbons (Fsp3) is 0.857. The molecule has 114 valence electrons. The number of piperazine rings is 1. The second kappa shape index (κ2) is 6.10. The quantitative estimate of drug-likeness (QED) is 0.806. The molecule has 0 aromatic heterocycles. The summed E-state index contributed by atoms with van der Waals surface area (Å²) in [5.41, 5.74) is 0. The van der Waals surface area contributed by atoms with E-state index in [2.05, 4.69) is 6.92 Å². The van der Waals surface area contributed by atoms with Crippen molar-refractivity contribution in [3.8, 4) is 0 Å². The van der Waals surface area contributed by atoms with Gasteiger partial charge < -0.3 is 14.7 Å². The highest BCUT2D eigenvalue weighted by Crippen LogP contribution is 2.33. The van der Waals surface area contributed by atoms with Crippen LogP contribution in [0.4, 0.5) is 0 Å². The molecule has 1 N–H and O–H groups in total. The minimum atomic E-state index is -0.815. The molecule has 0 aromatic carbocycles. The number of aliphatic carboxylic acids is 1. The number of carbonyl (C=O) groups is 2. The average Bonchev–Trinajstić information content (AvgIpc) is 2.63. The third-order valence-corrected chi connectivity index (χ3v) is 4.57. The summed E-state index contributed by atoms with van der Waals surface area (Å²) in [4.78, 5) is 27.0. The highest BCUT2D eigenvalue weighted by atomic mass is 16.5. The number of rotatable bonds is 3. The number of hydrogen-bond acceptors (Lipinski definition) is 4. The largest absolute Gasteiger partial charge is 0.480 e. The van der Waals surface area contributed by atoms with Crippen molar-refractivity contribution < 1.29 is 19.4 Å². The van der Waals surface area contributed by atoms with Gasteiger partial charge in [-0.3, -0.25) is 14.5 Å². The Morgan fingerprint density at radius 3 is 2.15 bits per heavy atom. The Balaban J connectivity index is 1.90. The van der Waals surface area contributed by atoms with E-state index in [-0.39, 0.29) is 36.5 Å². The number of ether oxygens (including phenoxy) is 1. The van der Waals surface area contributed by atoms with Crippen LogP contribution in [-0.4, -0.2) is 71.7 Å². The summed E-state index contributed by atoms with van der Waals surface area (Å²) in [7, 11) is 0. The average molecular weight is 284 g/mol. The molecule has 2 rings (SSSR count). The Hall–Kier alpha value is -1.14. The molecule has 2 saturated heterocycles. The van der Waals surface area contributed by atoms with Gasteiger partial charge in [-0.25, -0.2) is 0 Å². The third kappa shape index (κ3) is 3.12. The standard InChI is InChI=1S/C14H24N2O4/c1-9-10(2)20-11(3)13(9)14(19)16-6-4-15(5-7-16)8-12(17)18/h9-11,13H,4-8H2,1-3H3,(H,17,18). The Bertz CT molecular complexity index is 379. The molecule has 4 atom stereocenters. The van der Waals surface area contributed by atoms with Crippen molar-refractivity contribution in [1.29, 1.82) is 0 Å². The van der Waals surface area contributed by atoms with Crippen LogP contribution in [0, 0.1) is 11.8 Å². The molecule has 0 saturated carbocycles. The van der Waals surface area contributed by atoms with E-state index in [1.54, 1.807) is 0 Å². The fourth-order valence-corrected chi connectivity index (χ4v) is 3.22. The lowest BCUT2D eigenvalue weighted by Gasteiger charge is -2.36. The number of carbonyl (C=O) groups excluding carboxylic acids is 1. The van der Waals surface area contributed by atoms with Gasteiger partial charge in [0.2, 0.25) is 5.91 Å². The molecule has 0 aliphatic carbocycles. The first-order valence-electron chi connectivity index (χ1n) is 7.28.